The minimum atomic E-state index is 0.0705. The molecule has 0 unspecified atom stereocenters. The van der Waals surface area contributed by atoms with Gasteiger partial charge in [-0.2, -0.15) is 5.10 Å². The summed E-state index contributed by atoms with van der Waals surface area (Å²) in [7, 11) is 3.63. The van der Waals surface area contributed by atoms with Crippen molar-refractivity contribution >= 4 is 12.0 Å². The monoisotopic (exact) mass is 390 g/mol. The first-order valence-corrected chi connectivity index (χ1v) is 10.4. The summed E-state index contributed by atoms with van der Waals surface area (Å²) in [6, 6.07) is 0. The maximum absolute atomic E-state index is 12.9. The summed E-state index contributed by atoms with van der Waals surface area (Å²) < 4.78 is 12.7. The first kappa shape index (κ1) is 21.0. The number of piperidine rings is 1. The summed E-state index contributed by atoms with van der Waals surface area (Å²) in [5.74, 6) is 0.622. The molecule has 1 aromatic rings. The lowest BCUT2D eigenvalue weighted by molar-refractivity contribution is -0.128. The number of amides is 1. The molecule has 0 radical (unpaired) electrons. The van der Waals surface area contributed by atoms with E-state index in [1.54, 1.807) is 24.1 Å². The zero-order valence-electron chi connectivity index (χ0n) is 17.3. The molecule has 0 bridgehead atoms. The zero-order chi connectivity index (χ0) is 19.8. The molecule has 3 heterocycles. The van der Waals surface area contributed by atoms with Gasteiger partial charge in [-0.25, -0.2) is 0 Å². The van der Waals surface area contributed by atoms with Gasteiger partial charge in [0.15, 0.2) is 0 Å². The molecule has 3 rings (SSSR count). The van der Waals surface area contributed by atoms with Gasteiger partial charge in [-0.15, -0.1) is 0 Å². The van der Waals surface area contributed by atoms with E-state index in [0.29, 0.717) is 12.5 Å². The van der Waals surface area contributed by atoms with E-state index in [9.17, 15) is 4.79 Å². The van der Waals surface area contributed by atoms with E-state index < -0.39 is 0 Å². The molecule has 7 heteroatoms. The quantitative estimate of drug-likeness (QED) is 0.602. The van der Waals surface area contributed by atoms with Crippen LogP contribution in [0.25, 0.3) is 6.08 Å². The number of nitrogens with zero attached hydrogens (tertiary/aromatic N) is 4. The molecular weight excluding hydrogens is 356 g/mol. The lowest BCUT2D eigenvalue weighted by atomic mass is 9.96. The third kappa shape index (κ3) is 6.43. The van der Waals surface area contributed by atoms with Crippen molar-refractivity contribution in [2.24, 2.45) is 13.0 Å². The number of aryl methyl sites for hydroxylation is 1. The number of rotatable bonds is 9. The van der Waals surface area contributed by atoms with Crippen LogP contribution in [0, 0.1) is 5.92 Å². The molecule has 7 nitrogen and oxygen atoms in total. The standard InChI is InChI=1S/C21H34N4O3/c1-23-15-19(14-22-23)5-6-21(26)25(17-20-4-3-12-28-20)16-18-7-9-24(10-8-18)11-13-27-2/h5-6,14-15,18,20H,3-4,7-13,16-17H2,1-2H3/b6-5+/t20-/m1/s1. The second-order valence-electron chi connectivity index (χ2n) is 7.94. The molecule has 2 aliphatic rings. The Morgan fingerprint density at radius 2 is 2.18 bits per heavy atom. The van der Waals surface area contributed by atoms with Gasteiger partial charge < -0.3 is 19.3 Å². The Morgan fingerprint density at radius 3 is 2.82 bits per heavy atom. The molecule has 28 heavy (non-hydrogen) atoms. The van der Waals surface area contributed by atoms with Crippen molar-refractivity contribution in [3.63, 3.8) is 0 Å². The van der Waals surface area contributed by atoms with Gasteiger partial charge in [0.1, 0.15) is 0 Å². The highest BCUT2D eigenvalue weighted by Crippen LogP contribution is 2.21. The number of carbonyl (C=O) groups excluding carboxylic acids is 1. The molecule has 0 aliphatic carbocycles. The molecule has 2 aliphatic heterocycles. The van der Waals surface area contributed by atoms with Crippen molar-refractivity contribution in [3.8, 4) is 0 Å². The predicted octanol–water partition coefficient (Wildman–Crippen LogP) is 1.80. The van der Waals surface area contributed by atoms with Crippen LogP contribution in [0.4, 0.5) is 0 Å². The molecule has 1 aromatic heterocycles. The number of aromatic nitrogens is 2. The largest absolute Gasteiger partial charge is 0.383 e. The lowest BCUT2D eigenvalue weighted by Crippen LogP contribution is -2.43. The Bertz CT molecular complexity index is 631. The molecule has 0 aromatic carbocycles. The van der Waals surface area contributed by atoms with Crippen LogP contribution in [0.15, 0.2) is 18.5 Å². The van der Waals surface area contributed by atoms with Crippen molar-refractivity contribution in [1.82, 2.24) is 19.6 Å². The molecule has 1 atom stereocenters. The van der Waals surface area contributed by atoms with E-state index in [1.807, 2.05) is 24.2 Å². The van der Waals surface area contributed by atoms with Crippen LogP contribution in [0.2, 0.25) is 0 Å². The van der Waals surface area contributed by atoms with Crippen molar-refractivity contribution in [2.45, 2.75) is 31.8 Å². The molecule has 0 spiro atoms. The summed E-state index contributed by atoms with van der Waals surface area (Å²) >= 11 is 0. The van der Waals surface area contributed by atoms with E-state index in [1.165, 1.54) is 0 Å². The summed E-state index contributed by atoms with van der Waals surface area (Å²) in [6.07, 6.45) is 11.8. The fourth-order valence-electron chi connectivity index (χ4n) is 4.01. The Morgan fingerprint density at radius 1 is 1.36 bits per heavy atom. The van der Waals surface area contributed by atoms with Gasteiger partial charge in [-0.05, 0) is 50.8 Å². The Kier molecular flexibility index (Phi) is 8.06. The van der Waals surface area contributed by atoms with Crippen LogP contribution in [0.1, 0.15) is 31.2 Å². The molecule has 2 saturated heterocycles. The fourth-order valence-corrected chi connectivity index (χ4v) is 4.01. The maximum atomic E-state index is 12.9. The number of carbonyl (C=O) groups is 1. The van der Waals surface area contributed by atoms with E-state index in [2.05, 4.69) is 10.00 Å². The zero-order valence-corrected chi connectivity index (χ0v) is 17.3. The van der Waals surface area contributed by atoms with Gasteiger partial charge in [0.25, 0.3) is 0 Å². The first-order valence-electron chi connectivity index (χ1n) is 10.4. The van der Waals surface area contributed by atoms with Crippen molar-refractivity contribution in [3.05, 3.63) is 24.0 Å². The van der Waals surface area contributed by atoms with Gasteiger partial charge >= 0.3 is 0 Å². The number of methoxy groups -OCH3 is 1. The Hall–Kier alpha value is -1.70. The van der Waals surface area contributed by atoms with Crippen molar-refractivity contribution in [1.29, 1.82) is 0 Å². The first-order chi connectivity index (χ1) is 13.6. The van der Waals surface area contributed by atoms with Gasteiger partial charge in [-0.3, -0.25) is 9.48 Å². The van der Waals surface area contributed by atoms with Crippen LogP contribution >= 0.6 is 0 Å². The van der Waals surface area contributed by atoms with E-state index >= 15 is 0 Å². The second-order valence-corrected chi connectivity index (χ2v) is 7.94. The fraction of sp³-hybridized carbons (Fsp3) is 0.714. The minimum absolute atomic E-state index is 0.0705. The Balaban J connectivity index is 1.55. The highest BCUT2D eigenvalue weighted by molar-refractivity contribution is 5.91. The average Bonchev–Trinajstić information content (AvgIpc) is 3.36. The third-order valence-corrected chi connectivity index (χ3v) is 5.70. The molecule has 0 saturated carbocycles. The van der Waals surface area contributed by atoms with Crippen LogP contribution in [-0.4, -0.2) is 84.6 Å². The van der Waals surface area contributed by atoms with Gasteiger partial charge in [0.2, 0.25) is 5.91 Å². The molecule has 156 valence electrons. The Labute approximate surface area is 168 Å². The van der Waals surface area contributed by atoms with E-state index in [4.69, 9.17) is 9.47 Å². The third-order valence-electron chi connectivity index (χ3n) is 5.70. The maximum Gasteiger partial charge on any atom is 0.246 e. The normalized spacial score (nSPS) is 21.6. The number of ether oxygens (including phenoxy) is 2. The van der Waals surface area contributed by atoms with Crippen LogP contribution in [-0.2, 0) is 21.3 Å². The van der Waals surface area contributed by atoms with E-state index in [0.717, 1.165) is 70.6 Å². The summed E-state index contributed by atoms with van der Waals surface area (Å²) in [5, 5.41) is 4.15. The van der Waals surface area contributed by atoms with Crippen LogP contribution in [0.3, 0.4) is 0 Å². The van der Waals surface area contributed by atoms with Crippen molar-refractivity contribution < 1.29 is 14.3 Å². The van der Waals surface area contributed by atoms with Gasteiger partial charge in [0, 0.05) is 58.2 Å². The topological polar surface area (TPSA) is 59.8 Å². The SMILES string of the molecule is COCCN1CCC(CN(C[C@H]2CCCO2)C(=O)/C=C/c2cnn(C)c2)CC1. The van der Waals surface area contributed by atoms with Gasteiger partial charge in [0.05, 0.1) is 18.9 Å². The molecular formula is C21H34N4O3. The van der Waals surface area contributed by atoms with Crippen molar-refractivity contribution in [2.75, 3.05) is 53.0 Å². The summed E-state index contributed by atoms with van der Waals surface area (Å²) in [6.45, 7) is 6.27. The molecule has 2 fully saturated rings. The minimum Gasteiger partial charge on any atom is -0.383 e. The number of hydrogen-bond donors (Lipinski definition) is 0. The average molecular weight is 391 g/mol. The smallest absolute Gasteiger partial charge is 0.246 e. The predicted molar refractivity (Wildman–Crippen MR) is 109 cm³/mol. The molecule has 1 amide bonds. The van der Waals surface area contributed by atoms with E-state index in [-0.39, 0.29) is 12.0 Å². The second kappa shape index (κ2) is 10.7. The summed E-state index contributed by atoms with van der Waals surface area (Å²) in [5.41, 5.74) is 0.944. The highest BCUT2D eigenvalue weighted by atomic mass is 16.5. The van der Waals surface area contributed by atoms with Crippen LogP contribution in [0.5, 0.6) is 0 Å². The highest BCUT2D eigenvalue weighted by Gasteiger charge is 2.26. The number of hydrogen-bond acceptors (Lipinski definition) is 5. The van der Waals surface area contributed by atoms with Gasteiger partial charge in [-0.1, -0.05) is 0 Å². The molecule has 0 N–H and O–H groups in total. The lowest BCUT2D eigenvalue weighted by Gasteiger charge is -2.35. The van der Waals surface area contributed by atoms with Crippen LogP contribution < -0.4 is 0 Å². The summed E-state index contributed by atoms with van der Waals surface area (Å²) in [4.78, 5) is 17.4. The number of likely N-dealkylation sites (tertiary alicyclic amines) is 1.